The number of benzene rings is 2. The molecular weight excluding hydrogens is 305 g/mol. The molecule has 0 aliphatic carbocycles. The highest BCUT2D eigenvalue weighted by atomic mass is 35.5. The van der Waals surface area contributed by atoms with Gasteiger partial charge in [-0.1, -0.05) is 11.6 Å². The number of phenols is 1. The van der Waals surface area contributed by atoms with Crippen LogP contribution in [0.5, 0.6) is 5.75 Å². The lowest BCUT2D eigenvalue weighted by molar-refractivity contribution is 0.476. The number of hydrogen-bond donors (Lipinski definition) is 2. The number of aromatic hydroxyl groups is 1. The molecule has 4 nitrogen and oxygen atoms in total. The molecule has 2 aromatic carbocycles. The summed E-state index contributed by atoms with van der Waals surface area (Å²) in [6.45, 7) is 0. The molecule has 0 radical (unpaired) electrons. The maximum Gasteiger partial charge on any atom is 0.148 e. The van der Waals surface area contributed by atoms with Gasteiger partial charge >= 0.3 is 0 Å². The Bertz CT molecular complexity index is 921. The number of phenolic OH excluding ortho intramolecular Hbond substituents is 1. The van der Waals surface area contributed by atoms with Crippen molar-refractivity contribution in [3.63, 3.8) is 0 Å². The van der Waals surface area contributed by atoms with Crippen LogP contribution < -0.4 is 5.32 Å². The van der Waals surface area contributed by atoms with Crippen molar-refractivity contribution in [2.24, 2.45) is 0 Å². The third-order valence-electron chi connectivity index (χ3n) is 3.16. The van der Waals surface area contributed by atoms with Crippen molar-refractivity contribution < 1.29 is 9.50 Å². The van der Waals surface area contributed by atoms with Crippen LogP contribution in [0.1, 0.15) is 5.56 Å². The largest absolute Gasteiger partial charge is 0.508 e. The van der Waals surface area contributed by atoms with Crippen LogP contribution in [-0.2, 0) is 0 Å². The van der Waals surface area contributed by atoms with E-state index in [-0.39, 0.29) is 22.0 Å². The van der Waals surface area contributed by atoms with Crippen LogP contribution in [0.2, 0.25) is 5.02 Å². The summed E-state index contributed by atoms with van der Waals surface area (Å²) in [7, 11) is 0. The predicted molar refractivity (Wildman–Crippen MR) is 82.8 cm³/mol. The number of nitrogens with one attached hydrogen (secondary N) is 1. The molecule has 0 fully saturated rings. The molecule has 3 rings (SSSR count). The van der Waals surface area contributed by atoms with E-state index in [0.29, 0.717) is 16.6 Å². The van der Waals surface area contributed by atoms with Gasteiger partial charge in [0.1, 0.15) is 17.6 Å². The number of rotatable bonds is 2. The number of aromatic nitrogens is 1. The Kier molecular flexibility index (Phi) is 3.53. The Labute approximate surface area is 130 Å². The molecule has 1 heterocycles. The van der Waals surface area contributed by atoms with Gasteiger partial charge in [0.15, 0.2) is 0 Å². The smallest absolute Gasteiger partial charge is 0.148 e. The van der Waals surface area contributed by atoms with Crippen molar-refractivity contribution in [2.45, 2.75) is 0 Å². The maximum atomic E-state index is 14.0. The lowest BCUT2D eigenvalue weighted by Gasteiger charge is -2.12. The molecule has 108 valence electrons. The van der Waals surface area contributed by atoms with E-state index in [1.54, 1.807) is 12.1 Å². The minimum absolute atomic E-state index is 0.0633. The second-order valence-corrected chi connectivity index (χ2v) is 5.05. The van der Waals surface area contributed by atoms with E-state index >= 15 is 0 Å². The Morgan fingerprint density at radius 3 is 2.77 bits per heavy atom. The standard InChI is InChI=1S/C16H9ClFN3O/c17-10-1-4-14(13(18)5-10)21-16-9(7-19)8-20-15-6-11(22)2-3-12(15)16/h1-6,8,22H,(H,20,21). The van der Waals surface area contributed by atoms with E-state index in [1.807, 2.05) is 6.07 Å². The Balaban J connectivity index is 2.18. The third kappa shape index (κ3) is 2.52. The maximum absolute atomic E-state index is 14.0. The molecule has 22 heavy (non-hydrogen) atoms. The van der Waals surface area contributed by atoms with Gasteiger partial charge in [-0.25, -0.2) is 4.39 Å². The fourth-order valence-electron chi connectivity index (χ4n) is 2.13. The van der Waals surface area contributed by atoms with Gasteiger partial charge < -0.3 is 10.4 Å². The zero-order chi connectivity index (χ0) is 15.7. The summed E-state index contributed by atoms with van der Waals surface area (Å²) in [6.07, 6.45) is 1.37. The lowest BCUT2D eigenvalue weighted by Crippen LogP contribution is -1.98. The van der Waals surface area contributed by atoms with Gasteiger partial charge in [-0.15, -0.1) is 0 Å². The molecule has 0 saturated heterocycles. The number of nitrogens with zero attached hydrogens (tertiary/aromatic N) is 2. The van der Waals surface area contributed by atoms with Crippen molar-refractivity contribution in [1.82, 2.24) is 4.98 Å². The minimum atomic E-state index is -0.528. The number of pyridine rings is 1. The first-order valence-electron chi connectivity index (χ1n) is 6.32. The summed E-state index contributed by atoms with van der Waals surface area (Å²) in [5.74, 6) is -0.464. The first-order chi connectivity index (χ1) is 10.6. The van der Waals surface area contributed by atoms with Crippen molar-refractivity contribution in [1.29, 1.82) is 5.26 Å². The molecule has 2 N–H and O–H groups in total. The molecule has 0 aliphatic rings. The predicted octanol–water partition coefficient (Wildman–Crippen LogP) is 4.35. The van der Waals surface area contributed by atoms with Gasteiger partial charge in [0.2, 0.25) is 0 Å². The van der Waals surface area contributed by atoms with E-state index in [4.69, 9.17) is 11.6 Å². The number of fused-ring (bicyclic) bond motifs is 1. The highest BCUT2D eigenvalue weighted by molar-refractivity contribution is 6.30. The summed E-state index contributed by atoms with van der Waals surface area (Å²) >= 11 is 5.73. The molecule has 0 spiro atoms. The summed E-state index contributed by atoms with van der Waals surface area (Å²) in [6, 6.07) is 10.8. The van der Waals surface area contributed by atoms with Gasteiger partial charge in [-0.3, -0.25) is 4.98 Å². The first-order valence-corrected chi connectivity index (χ1v) is 6.70. The van der Waals surface area contributed by atoms with Crippen molar-refractivity contribution in [2.75, 3.05) is 5.32 Å². The van der Waals surface area contributed by atoms with Crippen LogP contribution in [0.25, 0.3) is 10.9 Å². The van der Waals surface area contributed by atoms with E-state index in [2.05, 4.69) is 10.3 Å². The average molecular weight is 314 g/mol. The number of hydrogen-bond acceptors (Lipinski definition) is 4. The Hall–Kier alpha value is -2.84. The SMILES string of the molecule is N#Cc1cnc2cc(O)ccc2c1Nc1ccc(Cl)cc1F. The minimum Gasteiger partial charge on any atom is -0.508 e. The van der Waals surface area contributed by atoms with Crippen molar-refractivity contribution in [3.8, 4) is 11.8 Å². The molecule has 0 atom stereocenters. The molecule has 0 saturated carbocycles. The quantitative estimate of drug-likeness (QED) is 0.738. The third-order valence-corrected chi connectivity index (χ3v) is 3.40. The van der Waals surface area contributed by atoms with Crippen molar-refractivity contribution in [3.05, 3.63) is 59.0 Å². The molecular formula is C16H9ClFN3O. The molecule has 6 heteroatoms. The summed E-state index contributed by atoms with van der Waals surface area (Å²) in [5, 5.41) is 22.5. The normalized spacial score (nSPS) is 10.4. The summed E-state index contributed by atoms with van der Waals surface area (Å²) in [5.41, 5.74) is 1.39. The highest BCUT2D eigenvalue weighted by Gasteiger charge is 2.12. The van der Waals surface area contributed by atoms with Crippen LogP contribution in [0.15, 0.2) is 42.6 Å². The van der Waals surface area contributed by atoms with Crippen LogP contribution >= 0.6 is 11.6 Å². The second kappa shape index (κ2) is 5.51. The molecule has 0 amide bonds. The van der Waals surface area contributed by atoms with E-state index in [1.165, 1.54) is 30.5 Å². The molecule has 0 unspecified atom stereocenters. The number of nitriles is 1. The van der Waals surface area contributed by atoms with Gasteiger partial charge in [0, 0.05) is 22.7 Å². The molecule has 0 aliphatic heterocycles. The topological polar surface area (TPSA) is 68.9 Å². The molecule has 0 bridgehead atoms. The second-order valence-electron chi connectivity index (χ2n) is 4.61. The van der Waals surface area contributed by atoms with E-state index in [0.717, 1.165) is 0 Å². The monoisotopic (exact) mass is 313 g/mol. The van der Waals surface area contributed by atoms with E-state index < -0.39 is 5.82 Å². The lowest BCUT2D eigenvalue weighted by atomic mass is 10.1. The fourth-order valence-corrected chi connectivity index (χ4v) is 2.29. The first kappa shape index (κ1) is 14.1. The zero-order valence-corrected chi connectivity index (χ0v) is 11.9. The fraction of sp³-hybridized carbons (Fsp3) is 0. The number of halogens is 2. The van der Waals surface area contributed by atoms with Crippen molar-refractivity contribution >= 4 is 33.9 Å². The Morgan fingerprint density at radius 2 is 2.05 bits per heavy atom. The van der Waals surface area contributed by atoms with Crippen LogP contribution in [0, 0.1) is 17.1 Å². The Morgan fingerprint density at radius 1 is 1.23 bits per heavy atom. The number of anilines is 2. The van der Waals surface area contributed by atoms with E-state index in [9.17, 15) is 14.8 Å². The van der Waals surface area contributed by atoms with Gasteiger partial charge in [0.05, 0.1) is 22.5 Å². The van der Waals surface area contributed by atoms with Crippen LogP contribution in [0.3, 0.4) is 0 Å². The average Bonchev–Trinajstić information content (AvgIpc) is 2.49. The highest BCUT2D eigenvalue weighted by Crippen LogP contribution is 2.31. The zero-order valence-electron chi connectivity index (χ0n) is 11.1. The van der Waals surface area contributed by atoms with Crippen LogP contribution in [-0.4, -0.2) is 10.1 Å². The molecule has 3 aromatic rings. The van der Waals surface area contributed by atoms with Gasteiger partial charge in [0.25, 0.3) is 0 Å². The molecule has 1 aromatic heterocycles. The van der Waals surface area contributed by atoms with Crippen LogP contribution in [0.4, 0.5) is 15.8 Å². The van der Waals surface area contributed by atoms with Gasteiger partial charge in [-0.2, -0.15) is 5.26 Å². The summed E-state index contributed by atoms with van der Waals surface area (Å²) < 4.78 is 14.0. The summed E-state index contributed by atoms with van der Waals surface area (Å²) in [4.78, 5) is 4.11. The van der Waals surface area contributed by atoms with Gasteiger partial charge in [-0.05, 0) is 30.3 Å².